The van der Waals surface area contributed by atoms with Gasteiger partial charge in [0.25, 0.3) is 0 Å². The third kappa shape index (κ3) is 2.19. The zero-order valence-corrected chi connectivity index (χ0v) is 8.28. The molecule has 0 bridgehead atoms. The first kappa shape index (κ1) is 10.0. The van der Waals surface area contributed by atoms with Gasteiger partial charge in [0.1, 0.15) is 6.04 Å². The number of carboxylic acid groups (broad SMARTS) is 1. The van der Waals surface area contributed by atoms with E-state index in [2.05, 4.69) is 15.9 Å². The van der Waals surface area contributed by atoms with Gasteiger partial charge in [-0.2, -0.15) is 0 Å². The van der Waals surface area contributed by atoms with Crippen LogP contribution in [0.2, 0.25) is 0 Å². The lowest BCUT2D eigenvalue weighted by Gasteiger charge is -2.07. The van der Waals surface area contributed by atoms with E-state index in [9.17, 15) is 4.79 Å². The highest BCUT2D eigenvalue weighted by molar-refractivity contribution is 9.10. The molecule has 1 atom stereocenters. The first-order chi connectivity index (χ1) is 6.02. The molecule has 1 aromatic carbocycles. The van der Waals surface area contributed by atoms with Crippen molar-refractivity contribution in [3.05, 3.63) is 28.2 Å². The lowest BCUT2D eigenvalue weighted by Crippen LogP contribution is -2.20. The van der Waals surface area contributed by atoms with Gasteiger partial charge in [-0.1, -0.05) is 6.07 Å². The number of hydrogen-bond donors (Lipinski definition) is 3. The van der Waals surface area contributed by atoms with Crippen LogP contribution < -0.4 is 11.5 Å². The van der Waals surface area contributed by atoms with Crippen molar-refractivity contribution in [3.63, 3.8) is 0 Å². The number of carbonyl (C=O) groups is 1. The maximum absolute atomic E-state index is 10.5. The van der Waals surface area contributed by atoms with E-state index in [1.807, 2.05) is 0 Å². The van der Waals surface area contributed by atoms with Crippen molar-refractivity contribution >= 4 is 27.6 Å². The van der Waals surface area contributed by atoms with E-state index in [-0.39, 0.29) is 0 Å². The Hall–Kier alpha value is -1.07. The summed E-state index contributed by atoms with van der Waals surface area (Å²) in [6, 6.07) is 3.81. The maximum Gasteiger partial charge on any atom is 0.325 e. The van der Waals surface area contributed by atoms with E-state index in [4.69, 9.17) is 16.6 Å². The monoisotopic (exact) mass is 244 g/mol. The van der Waals surface area contributed by atoms with Crippen LogP contribution in [0.1, 0.15) is 11.6 Å². The molecule has 70 valence electrons. The van der Waals surface area contributed by atoms with Crippen LogP contribution in [0.25, 0.3) is 0 Å². The summed E-state index contributed by atoms with van der Waals surface area (Å²) in [4.78, 5) is 10.5. The van der Waals surface area contributed by atoms with Gasteiger partial charge in [-0.05, 0) is 33.6 Å². The molecule has 1 aromatic rings. The van der Waals surface area contributed by atoms with Crippen molar-refractivity contribution in [1.82, 2.24) is 0 Å². The Balaban J connectivity index is 3.03. The molecule has 0 amide bonds. The van der Waals surface area contributed by atoms with Crippen molar-refractivity contribution in [2.24, 2.45) is 5.73 Å². The molecule has 0 aliphatic rings. The number of aliphatic carboxylic acids is 1. The second-order valence-electron chi connectivity index (χ2n) is 2.60. The minimum absolute atomic E-state index is 0.522. The lowest BCUT2D eigenvalue weighted by atomic mass is 10.1. The van der Waals surface area contributed by atoms with Crippen molar-refractivity contribution in [3.8, 4) is 0 Å². The molecule has 0 heterocycles. The van der Waals surface area contributed by atoms with E-state index in [0.29, 0.717) is 15.7 Å². The number of rotatable bonds is 2. The maximum atomic E-state index is 10.5. The molecule has 13 heavy (non-hydrogen) atoms. The molecule has 0 spiro atoms. The minimum Gasteiger partial charge on any atom is -0.480 e. The number of hydrogen-bond acceptors (Lipinski definition) is 3. The fourth-order valence-corrected chi connectivity index (χ4v) is 1.28. The minimum atomic E-state index is -1.06. The van der Waals surface area contributed by atoms with E-state index in [1.54, 1.807) is 18.2 Å². The van der Waals surface area contributed by atoms with Crippen LogP contribution in [0.5, 0.6) is 0 Å². The van der Waals surface area contributed by atoms with Gasteiger partial charge in [-0.3, -0.25) is 4.79 Å². The number of nitrogen functional groups attached to an aromatic ring is 1. The van der Waals surface area contributed by atoms with Crippen LogP contribution in [0.4, 0.5) is 5.69 Å². The molecule has 0 aliphatic carbocycles. The second-order valence-corrected chi connectivity index (χ2v) is 3.45. The molecular weight excluding hydrogens is 236 g/mol. The molecule has 0 unspecified atom stereocenters. The Bertz CT molecular complexity index is 341. The predicted octanol–water partition coefficient (Wildman–Crippen LogP) is 1.12. The van der Waals surface area contributed by atoms with Gasteiger partial charge in [-0.25, -0.2) is 0 Å². The van der Waals surface area contributed by atoms with Gasteiger partial charge in [0.05, 0.1) is 0 Å². The third-order valence-electron chi connectivity index (χ3n) is 1.65. The average Bonchev–Trinajstić information content (AvgIpc) is 2.08. The highest BCUT2D eigenvalue weighted by atomic mass is 79.9. The number of carboxylic acids is 1. The molecule has 0 fully saturated rings. The smallest absolute Gasteiger partial charge is 0.325 e. The molecule has 5 N–H and O–H groups in total. The number of benzene rings is 1. The zero-order valence-electron chi connectivity index (χ0n) is 6.70. The summed E-state index contributed by atoms with van der Waals surface area (Å²) in [5.74, 6) is -1.06. The van der Waals surface area contributed by atoms with Crippen molar-refractivity contribution < 1.29 is 9.90 Å². The highest BCUT2D eigenvalue weighted by Crippen LogP contribution is 2.23. The Morgan fingerprint density at radius 2 is 2.15 bits per heavy atom. The van der Waals surface area contributed by atoms with Crippen LogP contribution in [-0.2, 0) is 4.79 Å². The first-order valence-electron chi connectivity index (χ1n) is 3.55. The van der Waals surface area contributed by atoms with Gasteiger partial charge >= 0.3 is 5.97 Å². The quantitative estimate of drug-likeness (QED) is 0.681. The van der Waals surface area contributed by atoms with Crippen LogP contribution in [-0.4, -0.2) is 11.1 Å². The van der Waals surface area contributed by atoms with Crippen molar-refractivity contribution in [2.45, 2.75) is 6.04 Å². The van der Waals surface area contributed by atoms with E-state index < -0.39 is 12.0 Å². The van der Waals surface area contributed by atoms with Crippen LogP contribution >= 0.6 is 15.9 Å². The molecule has 0 saturated carbocycles. The second kappa shape index (κ2) is 3.76. The van der Waals surface area contributed by atoms with E-state index in [0.717, 1.165) is 0 Å². The summed E-state index contributed by atoms with van der Waals surface area (Å²) in [6.45, 7) is 0. The molecular formula is C8H9BrN2O2. The average molecular weight is 245 g/mol. The molecule has 5 heteroatoms. The fraction of sp³-hybridized carbons (Fsp3) is 0.125. The molecule has 1 rings (SSSR count). The molecule has 0 aromatic heterocycles. The van der Waals surface area contributed by atoms with Crippen LogP contribution in [0.3, 0.4) is 0 Å². The van der Waals surface area contributed by atoms with Crippen LogP contribution in [0, 0.1) is 0 Å². The van der Waals surface area contributed by atoms with Gasteiger partial charge in [0.15, 0.2) is 0 Å². The first-order valence-corrected chi connectivity index (χ1v) is 4.35. The Morgan fingerprint density at radius 3 is 2.62 bits per heavy atom. The van der Waals surface area contributed by atoms with E-state index >= 15 is 0 Å². The molecule has 0 saturated heterocycles. The summed E-state index contributed by atoms with van der Waals surface area (Å²) in [5.41, 5.74) is 12.0. The SMILES string of the molecule is Nc1ccc([C@@H](N)C(=O)O)cc1Br. The Kier molecular flexibility index (Phi) is 2.90. The predicted molar refractivity (Wildman–Crippen MR) is 53.1 cm³/mol. The third-order valence-corrected chi connectivity index (χ3v) is 2.34. The number of nitrogens with two attached hydrogens (primary N) is 2. The summed E-state index contributed by atoms with van der Waals surface area (Å²) in [6.07, 6.45) is 0. The largest absolute Gasteiger partial charge is 0.480 e. The zero-order chi connectivity index (χ0) is 10.0. The highest BCUT2D eigenvalue weighted by Gasteiger charge is 2.14. The van der Waals surface area contributed by atoms with Gasteiger partial charge in [0, 0.05) is 10.2 Å². The van der Waals surface area contributed by atoms with E-state index in [1.165, 1.54) is 0 Å². The van der Waals surface area contributed by atoms with Crippen molar-refractivity contribution in [1.29, 1.82) is 0 Å². The Morgan fingerprint density at radius 1 is 1.54 bits per heavy atom. The summed E-state index contributed by atoms with van der Waals surface area (Å²) >= 11 is 3.19. The standard InChI is InChI=1S/C8H9BrN2O2/c9-5-3-4(1-2-6(5)10)7(11)8(12)13/h1-3,7H,10-11H2,(H,12,13)/t7-/m1/s1. The molecule has 4 nitrogen and oxygen atoms in total. The van der Waals surface area contributed by atoms with Gasteiger partial charge in [0.2, 0.25) is 0 Å². The van der Waals surface area contributed by atoms with Crippen molar-refractivity contribution in [2.75, 3.05) is 5.73 Å². The number of anilines is 1. The van der Waals surface area contributed by atoms with Crippen LogP contribution in [0.15, 0.2) is 22.7 Å². The number of halogens is 1. The Labute approximate surface area is 83.7 Å². The summed E-state index contributed by atoms with van der Waals surface area (Å²) in [5, 5.41) is 8.62. The summed E-state index contributed by atoms with van der Waals surface area (Å²) in [7, 11) is 0. The van der Waals surface area contributed by atoms with Gasteiger partial charge in [-0.15, -0.1) is 0 Å². The van der Waals surface area contributed by atoms with Gasteiger partial charge < -0.3 is 16.6 Å². The molecule has 0 aliphatic heterocycles. The molecule has 0 radical (unpaired) electrons. The normalized spacial score (nSPS) is 12.5. The summed E-state index contributed by atoms with van der Waals surface area (Å²) < 4.78 is 0.654. The topological polar surface area (TPSA) is 89.3 Å². The fourth-order valence-electron chi connectivity index (χ4n) is 0.879. The lowest BCUT2D eigenvalue weighted by molar-refractivity contribution is -0.138.